The molecule has 0 saturated carbocycles. The summed E-state index contributed by atoms with van der Waals surface area (Å²) in [5.41, 5.74) is 7.37. The maximum absolute atomic E-state index is 11.9. The highest BCUT2D eigenvalue weighted by Gasteiger charge is 2.14. The lowest BCUT2D eigenvalue weighted by molar-refractivity contribution is 0.703. The Bertz CT molecular complexity index is 744. The predicted molar refractivity (Wildman–Crippen MR) is 84.6 cm³/mol. The van der Waals surface area contributed by atoms with Crippen molar-refractivity contribution < 1.29 is 0 Å². The average molecular weight is 288 g/mol. The first kappa shape index (κ1) is 14.9. The fourth-order valence-electron chi connectivity index (χ4n) is 2.20. The van der Waals surface area contributed by atoms with Crippen molar-refractivity contribution in [3.05, 3.63) is 56.2 Å². The molecule has 1 aromatic carbocycles. The summed E-state index contributed by atoms with van der Waals surface area (Å²) >= 11 is 0. The highest BCUT2D eigenvalue weighted by Crippen LogP contribution is 2.20. The van der Waals surface area contributed by atoms with Crippen molar-refractivity contribution >= 4 is 11.5 Å². The van der Waals surface area contributed by atoms with Gasteiger partial charge in [0.15, 0.2) is 0 Å². The average Bonchev–Trinajstić information content (AvgIpc) is 2.44. The SMILES string of the molecule is CCn1c(N)c(NC(C)c2ccc(C)cc2)c(=O)[nH]c1=O. The van der Waals surface area contributed by atoms with E-state index in [4.69, 9.17) is 5.73 Å². The fourth-order valence-corrected chi connectivity index (χ4v) is 2.20. The molecule has 0 saturated heterocycles. The second-order valence-electron chi connectivity index (χ2n) is 5.04. The molecule has 4 N–H and O–H groups in total. The molecule has 0 aliphatic rings. The van der Waals surface area contributed by atoms with Gasteiger partial charge in [0.2, 0.25) is 0 Å². The number of hydrogen-bond acceptors (Lipinski definition) is 4. The third-order valence-electron chi connectivity index (χ3n) is 3.49. The molecule has 112 valence electrons. The zero-order valence-electron chi connectivity index (χ0n) is 12.4. The quantitative estimate of drug-likeness (QED) is 0.797. The molecular formula is C15H20N4O2. The first-order valence-corrected chi connectivity index (χ1v) is 6.89. The molecule has 6 nitrogen and oxygen atoms in total. The maximum Gasteiger partial charge on any atom is 0.330 e. The van der Waals surface area contributed by atoms with Gasteiger partial charge in [0.05, 0.1) is 0 Å². The Morgan fingerprint density at radius 3 is 2.48 bits per heavy atom. The first-order valence-electron chi connectivity index (χ1n) is 6.89. The molecule has 0 fully saturated rings. The number of aromatic nitrogens is 2. The number of anilines is 2. The van der Waals surface area contributed by atoms with Crippen molar-refractivity contribution in [3.63, 3.8) is 0 Å². The molecule has 0 radical (unpaired) electrons. The fraction of sp³-hybridized carbons (Fsp3) is 0.333. The monoisotopic (exact) mass is 288 g/mol. The largest absolute Gasteiger partial charge is 0.383 e. The molecule has 1 aromatic heterocycles. The minimum Gasteiger partial charge on any atom is -0.383 e. The van der Waals surface area contributed by atoms with Crippen LogP contribution < -0.4 is 22.3 Å². The summed E-state index contributed by atoms with van der Waals surface area (Å²) in [6.07, 6.45) is 0. The van der Waals surface area contributed by atoms with Crippen LogP contribution in [0.4, 0.5) is 11.5 Å². The summed E-state index contributed by atoms with van der Waals surface area (Å²) in [4.78, 5) is 25.8. The van der Waals surface area contributed by atoms with E-state index in [0.29, 0.717) is 6.54 Å². The highest BCUT2D eigenvalue weighted by atomic mass is 16.2. The summed E-state index contributed by atoms with van der Waals surface area (Å²) in [5, 5.41) is 3.09. The van der Waals surface area contributed by atoms with Gasteiger partial charge in [-0.1, -0.05) is 29.8 Å². The number of benzene rings is 1. The number of H-pyrrole nitrogens is 1. The van der Waals surface area contributed by atoms with Crippen LogP contribution in [0.2, 0.25) is 0 Å². The zero-order chi connectivity index (χ0) is 15.6. The van der Waals surface area contributed by atoms with Gasteiger partial charge >= 0.3 is 5.69 Å². The molecule has 0 aliphatic carbocycles. The molecule has 1 unspecified atom stereocenters. The van der Waals surface area contributed by atoms with Crippen LogP contribution in [0.1, 0.15) is 31.0 Å². The van der Waals surface area contributed by atoms with Crippen molar-refractivity contribution in [1.82, 2.24) is 9.55 Å². The zero-order valence-corrected chi connectivity index (χ0v) is 12.4. The van der Waals surface area contributed by atoms with Crippen LogP contribution in [0.15, 0.2) is 33.9 Å². The minimum absolute atomic E-state index is 0.100. The van der Waals surface area contributed by atoms with Crippen molar-refractivity contribution in [2.45, 2.75) is 33.4 Å². The van der Waals surface area contributed by atoms with Gasteiger partial charge in [-0.15, -0.1) is 0 Å². The van der Waals surface area contributed by atoms with E-state index < -0.39 is 11.2 Å². The van der Waals surface area contributed by atoms with Crippen LogP contribution in [0.25, 0.3) is 0 Å². The van der Waals surface area contributed by atoms with Crippen LogP contribution >= 0.6 is 0 Å². The van der Waals surface area contributed by atoms with Crippen LogP contribution in [0.3, 0.4) is 0 Å². The summed E-state index contributed by atoms with van der Waals surface area (Å²) < 4.78 is 1.32. The Morgan fingerprint density at radius 1 is 1.29 bits per heavy atom. The van der Waals surface area contributed by atoms with Gasteiger partial charge < -0.3 is 11.1 Å². The number of aromatic amines is 1. The summed E-state index contributed by atoms with van der Waals surface area (Å²) in [6.45, 7) is 6.14. The molecular weight excluding hydrogens is 268 g/mol. The number of aryl methyl sites for hydroxylation is 1. The van der Waals surface area contributed by atoms with E-state index in [2.05, 4.69) is 10.3 Å². The van der Waals surface area contributed by atoms with E-state index >= 15 is 0 Å². The van der Waals surface area contributed by atoms with E-state index in [-0.39, 0.29) is 17.5 Å². The number of nitrogens with one attached hydrogen (secondary N) is 2. The summed E-state index contributed by atoms with van der Waals surface area (Å²) in [6, 6.07) is 7.90. The molecule has 2 rings (SSSR count). The molecule has 21 heavy (non-hydrogen) atoms. The number of nitrogens with zero attached hydrogens (tertiary/aromatic N) is 1. The Labute approximate surface area is 122 Å². The van der Waals surface area contributed by atoms with E-state index in [1.165, 1.54) is 10.1 Å². The maximum atomic E-state index is 11.9. The lowest BCUT2D eigenvalue weighted by Crippen LogP contribution is -2.34. The van der Waals surface area contributed by atoms with Crippen LogP contribution in [0.5, 0.6) is 0 Å². The molecule has 6 heteroatoms. The Balaban J connectivity index is 2.37. The minimum atomic E-state index is -0.499. The molecule has 0 spiro atoms. The second-order valence-corrected chi connectivity index (χ2v) is 5.04. The van der Waals surface area contributed by atoms with Gasteiger partial charge in [0.25, 0.3) is 5.56 Å². The van der Waals surface area contributed by atoms with Crippen molar-refractivity contribution in [2.24, 2.45) is 0 Å². The van der Waals surface area contributed by atoms with Crippen LogP contribution in [-0.2, 0) is 6.54 Å². The number of rotatable bonds is 4. The van der Waals surface area contributed by atoms with Crippen LogP contribution in [0, 0.1) is 6.92 Å². The first-order chi connectivity index (χ1) is 9.93. The van der Waals surface area contributed by atoms with Gasteiger partial charge in [-0.2, -0.15) is 0 Å². The smallest absolute Gasteiger partial charge is 0.330 e. The normalized spacial score (nSPS) is 12.1. The van der Waals surface area contributed by atoms with Gasteiger partial charge in [-0.3, -0.25) is 14.3 Å². The topological polar surface area (TPSA) is 92.9 Å². The van der Waals surface area contributed by atoms with Gasteiger partial charge in [-0.05, 0) is 26.3 Å². The summed E-state index contributed by atoms with van der Waals surface area (Å²) in [5.74, 6) is 0.158. The van der Waals surface area contributed by atoms with E-state index in [1.807, 2.05) is 38.1 Å². The molecule has 0 bridgehead atoms. The molecule has 1 atom stereocenters. The third kappa shape index (κ3) is 2.99. The Hall–Kier alpha value is -2.50. The van der Waals surface area contributed by atoms with Crippen molar-refractivity contribution in [1.29, 1.82) is 0 Å². The van der Waals surface area contributed by atoms with E-state index in [0.717, 1.165) is 5.56 Å². The molecule has 1 heterocycles. The van der Waals surface area contributed by atoms with Gasteiger partial charge in [0.1, 0.15) is 11.5 Å². The van der Waals surface area contributed by atoms with Gasteiger partial charge in [0, 0.05) is 12.6 Å². The Morgan fingerprint density at radius 2 is 1.90 bits per heavy atom. The molecule has 2 aromatic rings. The second kappa shape index (κ2) is 5.87. The molecule has 0 amide bonds. The van der Waals surface area contributed by atoms with E-state index in [1.54, 1.807) is 6.92 Å². The number of nitrogens with two attached hydrogens (primary N) is 1. The predicted octanol–water partition coefficient (Wildman–Crippen LogP) is 1.62. The number of nitrogen functional groups attached to an aromatic ring is 1. The van der Waals surface area contributed by atoms with Crippen molar-refractivity contribution in [2.75, 3.05) is 11.1 Å². The molecule has 0 aliphatic heterocycles. The standard InChI is InChI=1S/C15H20N4O2/c1-4-19-13(16)12(14(20)18-15(19)21)17-10(3)11-7-5-9(2)6-8-11/h5-8,10,17H,4,16H2,1-3H3,(H,18,20,21). The Kier molecular flexibility index (Phi) is 4.16. The lowest BCUT2D eigenvalue weighted by Gasteiger charge is -2.18. The van der Waals surface area contributed by atoms with Crippen LogP contribution in [-0.4, -0.2) is 9.55 Å². The van der Waals surface area contributed by atoms with E-state index in [9.17, 15) is 9.59 Å². The van der Waals surface area contributed by atoms with Crippen molar-refractivity contribution in [3.8, 4) is 0 Å². The highest BCUT2D eigenvalue weighted by molar-refractivity contribution is 5.61. The lowest BCUT2D eigenvalue weighted by atomic mass is 10.1. The third-order valence-corrected chi connectivity index (χ3v) is 3.49. The summed E-state index contributed by atoms with van der Waals surface area (Å²) in [7, 11) is 0. The van der Waals surface area contributed by atoms with Gasteiger partial charge in [-0.25, -0.2) is 4.79 Å². The number of hydrogen-bond donors (Lipinski definition) is 3.